The van der Waals surface area contributed by atoms with Crippen LogP contribution in [0.15, 0.2) is 0 Å². The van der Waals surface area contributed by atoms with Gasteiger partial charge in [-0.15, -0.1) is 0 Å². The fourth-order valence-corrected chi connectivity index (χ4v) is 2.25. The minimum atomic E-state index is -1.21. The molecule has 0 saturated carbocycles. The fraction of sp³-hybridized carbons (Fsp3) is 0.800. The summed E-state index contributed by atoms with van der Waals surface area (Å²) in [6.45, 7) is 11.1. The summed E-state index contributed by atoms with van der Waals surface area (Å²) in [6, 6.07) is 1.17. The Labute approximate surface area is 129 Å². The summed E-state index contributed by atoms with van der Waals surface area (Å²) in [4.78, 5) is 22.9. The van der Waals surface area contributed by atoms with Crippen LogP contribution < -0.4 is 0 Å². The molecule has 0 fully saturated rings. The number of hydrogen-bond acceptors (Lipinski definition) is 3. The van der Waals surface area contributed by atoms with Crippen molar-refractivity contribution in [1.29, 1.82) is 0 Å². The van der Waals surface area contributed by atoms with Gasteiger partial charge in [-0.2, -0.15) is 0 Å². The first-order valence-electron chi connectivity index (χ1n) is 7.48. The fourth-order valence-electron chi connectivity index (χ4n) is 1.53. The van der Waals surface area contributed by atoms with E-state index in [9.17, 15) is 14.7 Å². The number of carboxylic acid groups (broad SMARTS) is 1. The van der Waals surface area contributed by atoms with E-state index in [1.54, 1.807) is 6.21 Å². The number of aliphatic carboxylic acids is 1. The molecule has 0 aromatic heterocycles. The van der Waals surface area contributed by atoms with Crippen molar-refractivity contribution in [3.8, 4) is 0 Å². The van der Waals surface area contributed by atoms with Crippen molar-refractivity contribution >= 4 is 26.2 Å². The molecule has 21 heavy (non-hydrogen) atoms. The Bertz CT molecular complexity index is 386. The lowest BCUT2D eigenvalue weighted by atomic mass is 10.0. The van der Waals surface area contributed by atoms with E-state index in [-0.39, 0.29) is 24.9 Å². The maximum Gasteiger partial charge on any atom is 0.316 e. The highest BCUT2D eigenvalue weighted by atomic mass is 28.3. The van der Waals surface area contributed by atoms with Crippen molar-refractivity contribution in [1.82, 2.24) is 0 Å². The molecule has 0 saturated heterocycles. The summed E-state index contributed by atoms with van der Waals surface area (Å²) in [6.07, 6.45) is 2.09. The topological polar surface area (TPSA) is 66.6 Å². The van der Waals surface area contributed by atoms with Gasteiger partial charge in [0.1, 0.15) is 19.0 Å². The minimum Gasteiger partial charge on any atom is -0.481 e. The van der Waals surface area contributed by atoms with Crippen LogP contribution in [0.25, 0.3) is 0 Å². The smallest absolute Gasteiger partial charge is 0.316 e. The molecule has 5 nitrogen and oxygen atoms in total. The van der Waals surface area contributed by atoms with Crippen LogP contribution in [0, 0.1) is 5.92 Å². The molecule has 0 spiro atoms. The second-order valence-electron chi connectivity index (χ2n) is 6.92. The van der Waals surface area contributed by atoms with Crippen LogP contribution in [0.3, 0.4) is 0 Å². The highest BCUT2D eigenvalue weighted by Crippen LogP contribution is 2.10. The van der Waals surface area contributed by atoms with Crippen LogP contribution in [0.1, 0.15) is 26.7 Å². The predicted molar refractivity (Wildman–Crippen MR) is 86.9 cm³/mol. The average Bonchev–Trinajstić information content (AvgIpc) is 2.31. The van der Waals surface area contributed by atoms with Gasteiger partial charge in [0.2, 0.25) is 0 Å². The van der Waals surface area contributed by atoms with E-state index in [1.165, 1.54) is 0 Å². The molecular formula is C15H30NO4Si+. The van der Waals surface area contributed by atoms with Crippen molar-refractivity contribution in [2.75, 3.05) is 13.7 Å². The van der Waals surface area contributed by atoms with E-state index in [4.69, 9.17) is 4.74 Å². The standard InChI is InChI=1S/C15H29NO4Si/c1-12(2)16(3)11-13(15(18)19)7-8-14(17)20-9-10-21(4,5)6/h11-13H,7-10H2,1-6H3/p+1/b16-11+. The van der Waals surface area contributed by atoms with Gasteiger partial charge in [-0.05, 0) is 26.3 Å². The van der Waals surface area contributed by atoms with E-state index in [1.807, 2.05) is 25.5 Å². The normalized spacial score (nSPS) is 14.1. The SMILES string of the molecule is CC(C)/[N+](C)=C/C(CCC(=O)OCC[Si](C)(C)C)C(=O)O. The monoisotopic (exact) mass is 316 g/mol. The molecular weight excluding hydrogens is 286 g/mol. The van der Waals surface area contributed by atoms with Gasteiger partial charge in [-0.1, -0.05) is 19.6 Å². The number of hydrogen-bond donors (Lipinski definition) is 1. The van der Waals surface area contributed by atoms with Crippen LogP contribution in [0.2, 0.25) is 25.7 Å². The van der Waals surface area contributed by atoms with Crippen LogP contribution in [-0.4, -0.2) is 55.6 Å². The van der Waals surface area contributed by atoms with Gasteiger partial charge in [0.15, 0.2) is 6.21 Å². The first kappa shape index (κ1) is 19.8. The maximum absolute atomic E-state index is 11.6. The Morgan fingerprint density at radius 3 is 2.29 bits per heavy atom. The first-order chi connectivity index (χ1) is 9.53. The van der Waals surface area contributed by atoms with Gasteiger partial charge >= 0.3 is 11.9 Å². The molecule has 6 heteroatoms. The maximum atomic E-state index is 11.6. The van der Waals surface area contributed by atoms with Gasteiger partial charge in [0.25, 0.3) is 0 Å². The van der Waals surface area contributed by atoms with Gasteiger partial charge < -0.3 is 9.84 Å². The number of carbonyl (C=O) groups is 2. The van der Waals surface area contributed by atoms with Crippen LogP contribution in [0.5, 0.6) is 0 Å². The largest absolute Gasteiger partial charge is 0.481 e. The average molecular weight is 316 g/mol. The molecule has 0 aliphatic heterocycles. The summed E-state index contributed by atoms with van der Waals surface area (Å²) in [5.74, 6) is -1.86. The third-order valence-electron chi connectivity index (χ3n) is 3.32. The molecule has 0 aliphatic carbocycles. The summed E-state index contributed by atoms with van der Waals surface area (Å²) in [7, 11) is 0.635. The van der Waals surface area contributed by atoms with Gasteiger partial charge in [0, 0.05) is 14.5 Å². The zero-order valence-corrected chi connectivity index (χ0v) is 15.2. The lowest BCUT2D eigenvalue weighted by Crippen LogP contribution is -2.26. The third kappa shape index (κ3) is 10.2. The molecule has 0 aromatic carbocycles. The zero-order valence-electron chi connectivity index (χ0n) is 14.2. The molecule has 0 heterocycles. The summed E-state index contributed by atoms with van der Waals surface area (Å²) in [5.41, 5.74) is 0. The lowest BCUT2D eigenvalue weighted by molar-refractivity contribution is -0.527. The first-order valence-corrected chi connectivity index (χ1v) is 11.2. The van der Waals surface area contributed by atoms with Crippen LogP contribution >= 0.6 is 0 Å². The molecule has 1 unspecified atom stereocenters. The molecule has 1 atom stereocenters. The van der Waals surface area contributed by atoms with Crippen molar-refractivity contribution in [3.63, 3.8) is 0 Å². The summed E-state index contributed by atoms with van der Waals surface area (Å²) in [5, 5.41) is 9.20. The number of carboxylic acids is 1. The van der Waals surface area contributed by atoms with Crippen molar-refractivity contribution < 1.29 is 24.0 Å². The Hall–Kier alpha value is -1.17. The molecule has 0 radical (unpaired) electrons. The van der Waals surface area contributed by atoms with Crippen LogP contribution in [-0.2, 0) is 14.3 Å². The van der Waals surface area contributed by atoms with Crippen LogP contribution in [0.4, 0.5) is 0 Å². The highest BCUT2D eigenvalue weighted by Gasteiger charge is 2.22. The second-order valence-corrected chi connectivity index (χ2v) is 12.5. The summed E-state index contributed by atoms with van der Waals surface area (Å²) < 4.78 is 7.03. The van der Waals surface area contributed by atoms with E-state index in [0.29, 0.717) is 6.61 Å². The quantitative estimate of drug-likeness (QED) is 0.307. The number of carbonyl (C=O) groups excluding carboxylic acids is 1. The molecule has 0 amide bonds. The molecule has 1 N–H and O–H groups in total. The summed E-state index contributed by atoms with van der Waals surface area (Å²) >= 11 is 0. The number of rotatable bonds is 9. The van der Waals surface area contributed by atoms with E-state index in [2.05, 4.69) is 19.6 Å². The number of ether oxygens (including phenoxy) is 1. The molecule has 0 bridgehead atoms. The Kier molecular flexibility index (Phi) is 8.47. The zero-order chi connectivity index (χ0) is 16.6. The molecule has 0 aliphatic rings. The second kappa shape index (κ2) is 8.97. The molecule has 122 valence electrons. The number of esters is 1. The predicted octanol–water partition coefficient (Wildman–Crippen LogP) is 2.47. The van der Waals surface area contributed by atoms with E-state index in [0.717, 1.165) is 6.04 Å². The lowest BCUT2D eigenvalue weighted by Gasteiger charge is -2.15. The third-order valence-corrected chi connectivity index (χ3v) is 5.03. The Balaban J connectivity index is 4.29. The van der Waals surface area contributed by atoms with Gasteiger partial charge in [-0.3, -0.25) is 9.59 Å². The number of nitrogens with zero attached hydrogens (tertiary/aromatic N) is 1. The molecule has 0 aromatic rings. The van der Waals surface area contributed by atoms with Crippen molar-refractivity contribution in [3.05, 3.63) is 0 Å². The van der Waals surface area contributed by atoms with Gasteiger partial charge in [-0.25, -0.2) is 4.58 Å². The highest BCUT2D eigenvalue weighted by molar-refractivity contribution is 6.76. The van der Waals surface area contributed by atoms with Crippen molar-refractivity contribution in [2.45, 2.75) is 58.4 Å². The van der Waals surface area contributed by atoms with Gasteiger partial charge in [0.05, 0.1) is 6.61 Å². The Morgan fingerprint density at radius 1 is 1.29 bits per heavy atom. The Morgan fingerprint density at radius 2 is 1.86 bits per heavy atom. The van der Waals surface area contributed by atoms with Crippen molar-refractivity contribution in [2.24, 2.45) is 5.92 Å². The molecule has 0 rings (SSSR count). The minimum absolute atomic E-state index is 0.144. The van der Waals surface area contributed by atoms with E-state index >= 15 is 0 Å². The van der Waals surface area contributed by atoms with E-state index < -0.39 is 20.0 Å².